The molecule has 1 amide bonds. The summed E-state index contributed by atoms with van der Waals surface area (Å²) in [7, 11) is 0. The molecular weight excluding hydrogens is 410 g/mol. The van der Waals surface area contributed by atoms with Gasteiger partial charge in [-0.1, -0.05) is 54.2 Å². The fourth-order valence-corrected chi connectivity index (χ4v) is 4.01. The number of amidine groups is 1. The van der Waals surface area contributed by atoms with Crippen molar-refractivity contribution in [2.24, 2.45) is 4.99 Å². The maximum absolute atomic E-state index is 12.6. The number of carbonyl (C=O) groups excluding carboxylic acids is 2. The zero-order chi connectivity index (χ0) is 22.4. The number of hydrogen-bond donors (Lipinski definition) is 2. The standard InChI is InChI=1S/C24H27N3O3S/c1-5-30-23(29)21-17(4)25-24(27-22(21)18-9-7-6-8-10-18)31-14-20(28)26-19-13-15(2)11-12-16(19)3/h6-13,22H,5,14H2,1-4H3,(H,25,27)(H,26,28)/t22-/m1/s1. The lowest BCUT2D eigenvalue weighted by molar-refractivity contribution is -0.139. The summed E-state index contributed by atoms with van der Waals surface area (Å²) >= 11 is 1.30. The van der Waals surface area contributed by atoms with Crippen LogP contribution in [-0.4, -0.2) is 29.4 Å². The molecule has 0 aromatic heterocycles. The number of aliphatic imine (C=N–C) groups is 1. The summed E-state index contributed by atoms with van der Waals surface area (Å²) in [5.74, 6) is -0.304. The molecule has 3 rings (SSSR count). The van der Waals surface area contributed by atoms with E-state index in [4.69, 9.17) is 9.73 Å². The van der Waals surface area contributed by atoms with Crippen molar-refractivity contribution < 1.29 is 14.3 Å². The van der Waals surface area contributed by atoms with Gasteiger partial charge in [-0.05, 0) is 50.5 Å². The second-order valence-corrected chi connectivity index (χ2v) is 8.25. The number of nitrogens with one attached hydrogen (secondary N) is 2. The van der Waals surface area contributed by atoms with Crippen LogP contribution in [-0.2, 0) is 14.3 Å². The highest BCUT2D eigenvalue weighted by Crippen LogP contribution is 2.32. The zero-order valence-corrected chi connectivity index (χ0v) is 19.0. The largest absolute Gasteiger partial charge is 0.463 e. The van der Waals surface area contributed by atoms with Gasteiger partial charge >= 0.3 is 5.97 Å². The van der Waals surface area contributed by atoms with Crippen LogP contribution >= 0.6 is 11.8 Å². The van der Waals surface area contributed by atoms with E-state index < -0.39 is 6.04 Å². The molecule has 2 aromatic rings. The first-order valence-electron chi connectivity index (χ1n) is 10.2. The van der Waals surface area contributed by atoms with Gasteiger partial charge in [0.25, 0.3) is 0 Å². The van der Waals surface area contributed by atoms with Gasteiger partial charge in [0.2, 0.25) is 5.91 Å². The minimum absolute atomic E-state index is 0.114. The Bertz CT molecular complexity index is 1030. The van der Waals surface area contributed by atoms with E-state index >= 15 is 0 Å². The van der Waals surface area contributed by atoms with Crippen LogP contribution in [0.4, 0.5) is 5.69 Å². The van der Waals surface area contributed by atoms with Crippen LogP contribution in [0.3, 0.4) is 0 Å². The molecule has 0 fully saturated rings. The SMILES string of the molecule is CCOC(=O)C1=C(C)NC(SCC(=O)Nc2cc(C)ccc2C)=N[C@@H]1c1ccccc1. The van der Waals surface area contributed by atoms with E-state index in [9.17, 15) is 9.59 Å². The molecule has 1 aliphatic rings. The van der Waals surface area contributed by atoms with Crippen LogP contribution in [0.2, 0.25) is 0 Å². The van der Waals surface area contributed by atoms with Gasteiger partial charge in [-0.25, -0.2) is 9.79 Å². The third kappa shape index (κ3) is 5.76. The Kier molecular flexibility index (Phi) is 7.52. The van der Waals surface area contributed by atoms with Crippen molar-refractivity contribution in [2.75, 3.05) is 17.7 Å². The van der Waals surface area contributed by atoms with E-state index in [0.29, 0.717) is 23.0 Å². The van der Waals surface area contributed by atoms with Gasteiger partial charge in [0, 0.05) is 11.4 Å². The molecule has 1 heterocycles. The smallest absolute Gasteiger partial charge is 0.338 e. The van der Waals surface area contributed by atoms with E-state index in [1.54, 1.807) is 6.92 Å². The summed E-state index contributed by atoms with van der Waals surface area (Å²) in [6, 6.07) is 15.1. The number of anilines is 1. The lowest BCUT2D eigenvalue weighted by Gasteiger charge is -2.25. The second-order valence-electron chi connectivity index (χ2n) is 7.29. The van der Waals surface area contributed by atoms with Gasteiger partial charge in [-0.15, -0.1) is 0 Å². The van der Waals surface area contributed by atoms with E-state index in [-0.39, 0.29) is 17.6 Å². The van der Waals surface area contributed by atoms with E-state index in [1.807, 2.05) is 69.3 Å². The van der Waals surface area contributed by atoms with Crippen LogP contribution in [0.25, 0.3) is 0 Å². The number of hydrogen-bond acceptors (Lipinski definition) is 6. The van der Waals surface area contributed by atoms with Gasteiger partial charge in [-0.3, -0.25) is 4.79 Å². The molecule has 2 N–H and O–H groups in total. The van der Waals surface area contributed by atoms with Crippen molar-refractivity contribution in [3.8, 4) is 0 Å². The first kappa shape index (κ1) is 22.6. The third-order valence-corrected chi connectivity index (χ3v) is 5.72. The van der Waals surface area contributed by atoms with Crippen molar-refractivity contribution in [2.45, 2.75) is 33.7 Å². The van der Waals surface area contributed by atoms with Crippen LogP contribution in [0.1, 0.15) is 36.6 Å². The molecule has 0 saturated heterocycles. The quantitative estimate of drug-likeness (QED) is 0.650. The number of rotatable bonds is 6. The minimum atomic E-state index is -0.480. The Morgan fingerprint density at radius 3 is 2.58 bits per heavy atom. The first-order valence-corrected chi connectivity index (χ1v) is 11.1. The molecule has 7 heteroatoms. The number of nitrogens with zero attached hydrogens (tertiary/aromatic N) is 1. The molecule has 0 aliphatic carbocycles. The fraction of sp³-hybridized carbons (Fsp3) is 0.292. The summed E-state index contributed by atoms with van der Waals surface area (Å²) in [6.45, 7) is 7.85. The van der Waals surface area contributed by atoms with Crippen molar-refractivity contribution in [1.82, 2.24) is 5.32 Å². The number of allylic oxidation sites excluding steroid dienone is 1. The lowest BCUT2D eigenvalue weighted by atomic mass is 9.97. The summed E-state index contributed by atoms with van der Waals surface area (Å²) < 4.78 is 5.25. The van der Waals surface area contributed by atoms with Crippen LogP contribution < -0.4 is 10.6 Å². The topological polar surface area (TPSA) is 79.8 Å². The maximum Gasteiger partial charge on any atom is 0.338 e. The van der Waals surface area contributed by atoms with Gasteiger partial charge in [-0.2, -0.15) is 0 Å². The van der Waals surface area contributed by atoms with Crippen LogP contribution in [0, 0.1) is 13.8 Å². The Labute approximate surface area is 187 Å². The predicted octanol–water partition coefficient (Wildman–Crippen LogP) is 4.51. The van der Waals surface area contributed by atoms with Crippen molar-refractivity contribution >= 4 is 34.5 Å². The molecule has 31 heavy (non-hydrogen) atoms. The number of aryl methyl sites for hydroxylation is 2. The van der Waals surface area contributed by atoms with Crippen molar-refractivity contribution in [3.05, 3.63) is 76.5 Å². The monoisotopic (exact) mass is 437 g/mol. The minimum Gasteiger partial charge on any atom is -0.463 e. The summed E-state index contributed by atoms with van der Waals surface area (Å²) in [5, 5.41) is 6.71. The summed E-state index contributed by atoms with van der Waals surface area (Å²) in [6.07, 6.45) is 0. The number of carbonyl (C=O) groups is 2. The third-order valence-electron chi connectivity index (χ3n) is 4.84. The average molecular weight is 438 g/mol. The zero-order valence-electron chi connectivity index (χ0n) is 18.2. The molecule has 0 saturated carbocycles. The highest BCUT2D eigenvalue weighted by molar-refractivity contribution is 8.14. The van der Waals surface area contributed by atoms with E-state index in [1.165, 1.54) is 11.8 Å². The summed E-state index contributed by atoms with van der Waals surface area (Å²) in [5.41, 5.74) is 4.97. The van der Waals surface area contributed by atoms with Gasteiger partial charge in [0.15, 0.2) is 5.17 Å². The molecular formula is C24H27N3O3S. The molecule has 0 radical (unpaired) electrons. The number of thioether (sulfide) groups is 1. The fourth-order valence-electron chi connectivity index (χ4n) is 3.26. The molecule has 0 unspecified atom stereocenters. The van der Waals surface area contributed by atoms with Crippen molar-refractivity contribution in [1.29, 1.82) is 0 Å². The maximum atomic E-state index is 12.6. The molecule has 1 atom stereocenters. The molecule has 0 bridgehead atoms. The molecule has 6 nitrogen and oxygen atoms in total. The number of esters is 1. The highest BCUT2D eigenvalue weighted by Gasteiger charge is 2.30. The number of ether oxygens (including phenoxy) is 1. The van der Waals surface area contributed by atoms with Gasteiger partial charge < -0.3 is 15.4 Å². The van der Waals surface area contributed by atoms with E-state index in [2.05, 4.69) is 10.6 Å². The number of amides is 1. The molecule has 162 valence electrons. The Morgan fingerprint density at radius 1 is 1.13 bits per heavy atom. The van der Waals surface area contributed by atoms with Crippen LogP contribution in [0.5, 0.6) is 0 Å². The highest BCUT2D eigenvalue weighted by atomic mass is 32.2. The molecule has 2 aromatic carbocycles. The first-order chi connectivity index (χ1) is 14.9. The normalized spacial score (nSPS) is 15.7. The Hall–Kier alpha value is -3.06. The second kappa shape index (κ2) is 10.3. The van der Waals surface area contributed by atoms with Crippen molar-refractivity contribution in [3.63, 3.8) is 0 Å². The molecule has 0 spiro atoms. The molecule has 1 aliphatic heterocycles. The Morgan fingerprint density at radius 2 is 1.87 bits per heavy atom. The number of benzene rings is 2. The van der Waals surface area contributed by atoms with Gasteiger partial charge in [0.05, 0.1) is 17.9 Å². The predicted molar refractivity (Wildman–Crippen MR) is 126 cm³/mol. The Balaban J connectivity index is 1.75. The van der Waals surface area contributed by atoms with Crippen LogP contribution in [0.15, 0.2) is 64.8 Å². The van der Waals surface area contributed by atoms with Gasteiger partial charge in [0.1, 0.15) is 6.04 Å². The van der Waals surface area contributed by atoms with E-state index in [0.717, 1.165) is 22.4 Å². The summed E-state index contributed by atoms with van der Waals surface area (Å²) in [4.78, 5) is 29.8. The average Bonchev–Trinajstić information content (AvgIpc) is 2.75. The lowest BCUT2D eigenvalue weighted by Crippen LogP contribution is -2.31.